The van der Waals surface area contributed by atoms with Crippen molar-refractivity contribution in [1.29, 1.82) is 0 Å². The van der Waals surface area contributed by atoms with Crippen molar-refractivity contribution in [2.45, 2.75) is 38.0 Å². The molecule has 4 heterocycles. The highest BCUT2D eigenvalue weighted by atomic mass is 16.1. The van der Waals surface area contributed by atoms with Crippen LogP contribution in [0.5, 0.6) is 0 Å². The molecule has 3 aromatic rings. The number of carbonyl (C=O) groups excluding carboxylic acids is 1. The molecular weight excluding hydrogens is 372 g/mol. The molecule has 6 rings (SSSR count). The second-order valence-electron chi connectivity index (χ2n) is 9.07. The fourth-order valence-corrected chi connectivity index (χ4v) is 4.94. The second-order valence-corrected chi connectivity index (χ2v) is 9.07. The molecule has 0 unspecified atom stereocenters. The lowest BCUT2D eigenvalue weighted by atomic mass is 9.89. The number of aromatic nitrogens is 3. The molecule has 0 radical (unpaired) electrons. The lowest BCUT2D eigenvalue weighted by Gasteiger charge is -2.27. The summed E-state index contributed by atoms with van der Waals surface area (Å²) in [7, 11) is 2.12. The zero-order valence-electron chi connectivity index (χ0n) is 17.3. The van der Waals surface area contributed by atoms with Crippen LogP contribution in [0.1, 0.15) is 64.5 Å². The number of hydrogen-bond donors (Lipinski definition) is 0. The monoisotopic (exact) mass is 398 g/mol. The predicted molar refractivity (Wildman–Crippen MR) is 117 cm³/mol. The van der Waals surface area contributed by atoms with Gasteiger partial charge in [0.1, 0.15) is 0 Å². The molecule has 30 heavy (non-hydrogen) atoms. The molecule has 1 saturated heterocycles. The minimum atomic E-state index is 0.106. The van der Waals surface area contributed by atoms with Gasteiger partial charge in [-0.1, -0.05) is 12.1 Å². The Morgan fingerprint density at radius 3 is 2.73 bits per heavy atom. The van der Waals surface area contributed by atoms with Gasteiger partial charge in [-0.25, -0.2) is 4.52 Å². The first-order valence-electron chi connectivity index (χ1n) is 11.1. The average molecular weight is 399 g/mol. The first-order valence-corrected chi connectivity index (χ1v) is 11.1. The van der Waals surface area contributed by atoms with Gasteiger partial charge in [0.25, 0.3) is 0 Å². The van der Waals surface area contributed by atoms with E-state index in [1.165, 1.54) is 35.4 Å². The third kappa shape index (κ3) is 3.00. The van der Waals surface area contributed by atoms with Crippen LogP contribution in [0.4, 0.5) is 0 Å². The van der Waals surface area contributed by atoms with Crippen molar-refractivity contribution in [2.75, 3.05) is 20.1 Å². The lowest BCUT2D eigenvalue weighted by molar-refractivity contribution is 0.0858. The number of allylic oxidation sites excluding steroid dienone is 1. The summed E-state index contributed by atoms with van der Waals surface area (Å²) in [4.78, 5) is 20.4. The molecule has 0 N–H and O–H groups in total. The summed E-state index contributed by atoms with van der Waals surface area (Å²) in [6.07, 6.45) is 11.3. The number of carbonyl (C=O) groups is 1. The summed E-state index contributed by atoms with van der Waals surface area (Å²) in [6, 6.07) is 8.66. The molecule has 3 aromatic heterocycles. The summed E-state index contributed by atoms with van der Waals surface area (Å²) >= 11 is 0. The fraction of sp³-hybridized carbons (Fsp3) is 0.400. The summed E-state index contributed by atoms with van der Waals surface area (Å²) < 4.78 is 1.83. The van der Waals surface area contributed by atoms with Gasteiger partial charge < -0.3 is 4.90 Å². The van der Waals surface area contributed by atoms with Crippen LogP contribution < -0.4 is 0 Å². The first-order chi connectivity index (χ1) is 14.7. The Hall–Kier alpha value is -2.79. The van der Waals surface area contributed by atoms with Crippen LogP contribution in [0.3, 0.4) is 0 Å². The number of fused-ring (bicyclic) bond motifs is 2. The van der Waals surface area contributed by atoms with Crippen LogP contribution >= 0.6 is 0 Å². The smallest absolute Gasteiger partial charge is 0.169 e. The Morgan fingerprint density at radius 1 is 1.10 bits per heavy atom. The zero-order chi connectivity index (χ0) is 20.2. The minimum absolute atomic E-state index is 0.106. The van der Waals surface area contributed by atoms with Crippen LogP contribution in [0, 0.1) is 5.92 Å². The Balaban J connectivity index is 1.33. The van der Waals surface area contributed by atoms with E-state index in [2.05, 4.69) is 47.4 Å². The maximum atomic E-state index is 13.2. The Morgan fingerprint density at radius 2 is 1.93 bits per heavy atom. The van der Waals surface area contributed by atoms with E-state index >= 15 is 0 Å². The van der Waals surface area contributed by atoms with E-state index in [4.69, 9.17) is 4.98 Å². The Labute approximate surface area is 176 Å². The van der Waals surface area contributed by atoms with Crippen molar-refractivity contribution >= 4 is 16.9 Å². The van der Waals surface area contributed by atoms with E-state index in [0.717, 1.165) is 49.0 Å². The number of rotatable bonds is 4. The number of pyridine rings is 2. The number of piperidine rings is 1. The van der Waals surface area contributed by atoms with Crippen LogP contribution in [0.2, 0.25) is 0 Å². The third-order valence-corrected chi connectivity index (χ3v) is 6.97. The zero-order valence-corrected chi connectivity index (χ0v) is 17.3. The highest BCUT2D eigenvalue weighted by Crippen LogP contribution is 2.41. The quantitative estimate of drug-likeness (QED) is 0.621. The number of ketones is 1. The van der Waals surface area contributed by atoms with Crippen LogP contribution in [-0.4, -0.2) is 45.4 Å². The molecule has 3 aliphatic rings. The molecule has 152 valence electrons. The van der Waals surface area contributed by atoms with Crippen LogP contribution in [0.25, 0.3) is 11.1 Å². The van der Waals surface area contributed by atoms with Crippen molar-refractivity contribution < 1.29 is 4.79 Å². The number of nitrogens with zero attached hydrogens (tertiary/aromatic N) is 4. The maximum absolute atomic E-state index is 13.2. The van der Waals surface area contributed by atoms with E-state index in [1.54, 1.807) is 6.20 Å². The summed E-state index contributed by atoms with van der Waals surface area (Å²) in [5.41, 5.74) is 7.69. The number of Topliss-reactive ketones (excluding diaryl/α,β-unsaturated/α-hetero) is 1. The topological polar surface area (TPSA) is 50.5 Å². The van der Waals surface area contributed by atoms with Gasteiger partial charge in [-0.2, -0.15) is 5.10 Å². The van der Waals surface area contributed by atoms with Gasteiger partial charge in [0.05, 0.1) is 23.0 Å². The molecule has 2 aliphatic carbocycles. The van der Waals surface area contributed by atoms with E-state index in [1.807, 2.05) is 10.7 Å². The van der Waals surface area contributed by atoms with E-state index in [0.29, 0.717) is 5.92 Å². The first kappa shape index (κ1) is 18.0. The van der Waals surface area contributed by atoms with Gasteiger partial charge in [-0.05, 0) is 75.2 Å². The Kier molecular flexibility index (Phi) is 4.13. The second kappa shape index (κ2) is 6.88. The molecule has 1 saturated carbocycles. The normalized spacial score (nSPS) is 19.8. The Bertz CT molecular complexity index is 1180. The van der Waals surface area contributed by atoms with Gasteiger partial charge in [0, 0.05) is 35.7 Å². The molecule has 1 aliphatic heterocycles. The highest BCUT2D eigenvalue weighted by molar-refractivity contribution is 6.04. The van der Waals surface area contributed by atoms with Crippen molar-refractivity contribution in [1.82, 2.24) is 19.5 Å². The van der Waals surface area contributed by atoms with Crippen molar-refractivity contribution in [3.05, 3.63) is 70.8 Å². The molecule has 0 aromatic carbocycles. The van der Waals surface area contributed by atoms with Gasteiger partial charge in [0.2, 0.25) is 0 Å². The minimum Gasteiger partial charge on any atom is -0.306 e. The molecular formula is C25H26N4O. The van der Waals surface area contributed by atoms with Gasteiger partial charge in [-0.3, -0.25) is 9.78 Å². The molecule has 0 amide bonds. The average Bonchev–Trinajstić information content (AvgIpc) is 3.40. The van der Waals surface area contributed by atoms with Crippen molar-refractivity contribution in [3.8, 4) is 0 Å². The third-order valence-electron chi connectivity index (χ3n) is 6.97. The van der Waals surface area contributed by atoms with Crippen molar-refractivity contribution in [3.63, 3.8) is 0 Å². The lowest BCUT2D eigenvalue weighted by Crippen LogP contribution is -2.33. The van der Waals surface area contributed by atoms with Crippen molar-refractivity contribution in [2.24, 2.45) is 5.92 Å². The molecule has 0 bridgehead atoms. The largest absolute Gasteiger partial charge is 0.306 e. The van der Waals surface area contributed by atoms with Gasteiger partial charge in [-0.15, -0.1) is 0 Å². The molecule has 5 nitrogen and oxygen atoms in total. The number of hydrogen-bond acceptors (Lipinski definition) is 4. The van der Waals surface area contributed by atoms with Crippen LogP contribution in [0.15, 0.2) is 42.7 Å². The molecule has 2 fully saturated rings. The van der Waals surface area contributed by atoms with Gasteiger partial charge in [0.15, 0.2) is 5.78 Å². The standard InChI is InChI=1S/C25H26N4O/c1-28-11-8-17(9-12-28)25(30)21-15-26-29-13-10-18(14-24(21)29)19-4-7-23-20(19)5-6-22(27-23)16-2-3-16/h4-6,10,13-17H,2-3,7-9,11-12H2,1H3. The van der Waals surface area contributed by atoms with E-state index in [9.17, 15) is 4.79 Å². The predicted octanol–water partition coefficient (Wildman–Crippen LogP) is 4.12. The SMILES string of the molecule is CN1CCC(C(=O)c2cnn3ccc(C4=CCc5nc(C6CC6)ccc54)cc23)CC1. The molecule has 0 spiro atoms. The molecule has 5 heteroatoms. The summed E-state index contributed by atoms with van der Waals surface area (Å²) in [5.74, 6) is 1.02. The summed E-state index contributed by atoms with van der Waals surface area (Å²) in [5, 5.41) is 4.45. The number of likely N-dealkylation sites (tertiary alicyclic amines) is 1. The van der Waals surface area contributed by atoms with E-state index < -0.39 is 0 Å². The van der Waals surface area contributed by atoms with Gasteiger partial charge >= 0.3 is 0 Å². The van der Waals surface area contributed by atoms with E-state index in [-0.39, 0.29) is 11.7 Å². The highest BCUT2D eigenvalue weighted by Gasteiger charge is 2.28. The van der Waals surface area contributed by atoms with Crippen LogP contribution in [-0.2, 0) is 6.42 Å². The maximum Gasteiger partial charge on any atom is 0.169 e. The molecule has 0 atom stereocenters. The summed E-state index contributed by atoms with van der Waals surface area (Å²) in [6.45, 7) is 1.97. The fourth-order valence-electron chi connectivity index (χ4n) is 4.94.